The Morgan fingerprint density at radius 3 is 2.18 bits per heavy atom. The van der Waals surface area contributed by atoms with Crippen LogP contribution >= 0.6 is 0 Å². The topological polar surface area (TPSA) is 99.7 Å². The molecular weight excluding hydrogens is 373 g/mol. The van der Waals surface area contributed by atoms with Crippen LogP contribution in [0.15, 0.2) is 23.3 Å². The van der Waals surface area contributed by atoms with Crippen molar-refractivity contribution >= 4 is 17.4 Å². The number of nitrogens with zero attached hydrogens (tertiary/aromatic N) is 1. The lowest BCUT2D eigenvalue weighted by molar-refractivity contribution is -0.181. The summed E-state index contributed by atoms with van der Waals surface area (Å²) in [6.07, 6.45) is -0.742. The minimum Gasteiger partial charge on any atom is -0.478 e. The molecule has 1 aliphatic carbocycles. The predicted octanol–water partition coefficient (Wildman–Crippen LogP) is 4.77. The summed E-state index contributed by atoms with van der Waals surface area (Å²) in [5.74, 6) is 3.11. The number of alkyl halides is 3. The Morgan fingerprint density at radius 2 is 1.79 bits per heavy atom. The second-order valence-electron chi connectivity index (χ2n) is 6.02. The molecule has 1 saturated carbocycles. The third-order valence-electron chi connectivity index (χ3n) is 4.23. The van der Waals surface area contributed by atoms with Gasteiger partial charge in [0.05, 0.1) is 17.2 Å². The van der Waals surface area contributed by atoms with Crippen molar-refractivity contribution in [3.05, 3.63) is 29.3 Å². The van der Waals surface area contributed by atoms with E-state index >= 15 is 0 Å². The third kappa shape index (κ3) is 8.60. The Morgan fingerprint density at radius 1 is 1.21 bits per heavy atom. The number of carbonyl (C=O) groups is 1. The van der Waals surface area contributed by atoms with Crippen molar-refractivity contribution in [3.8, 4) is 0 Å². The lowest BCUT2D eigenvalue weighted by atomic mass is 9.89. The summed E-state index contributed by atoms with van der Waals surface area (Å²) in [6, 6.07) is 4.76. The van der Waals surface area contributed by atoms with Crippen LogP contribution in [0.4, 0.5) is 18.9 Å². The Kier molecular flexibility index (Phi) is 11.9. The molecule has 160 valence electrons. The highest BCUT2D eigenvalue weighted by Crippen LogP contribution is 2.37. The maximum absolute atomic E-state index is 11.9. The summed E-state index contributed by atoms with van der Waals surface area (Å²) in [7, 11) is 1.75. The van der Waals surface area contributed by atoms with E-state index < -0.39 is 18.1 Å². The van der Waals surface area contributed by atoms with Gasteiger partial charge in [-0.1, -0.05) is 33.1 Å². The average Bonchev–Trinajstić information content (AvgIpc) is 2.69. The van der Waals surface area contributed by atoms with Crippen LogP contribution in [0.1, 0.15) is 68.8 Å². The quantitative estimate of drug-likeness (QED) is 0.329. The molecule has 1 aliphatic rings. The summed E-state index contributed by atoms with van der Waals surface area (Å²) in [5.41, 5.74) is 4.48. The molecule has 0 radical (unpaired) electrons. The molecule has 0 saturated heterocycles. The van der Waals surface area contributed by atoms with Crippen LogP contribution in [-0.4, -0.2) is 30.0 Å². The lowest BCUT2D eigenvalue weighted by Crippen LogP contribution is -2.24. The number of hydrazine groups is 1. The molecule has 9 heteroatoms. The zero-order valence-electron chi connectivity index (χ0n) is 16.9. The van der Waals surface area contributed by atoms with Gasteiger partial charge in [-0.2, -0.15) is 18.3 Å². The predicted molar refractivity (Wildman–Crippen MR) is 106 cm³/mol. The molecule has 1 fully saturated rings. The monoisotopic (exact) mass is 404 g/mol. The van der Waals surface area contributed by atoms with E-state index in [1.165, 1.54) is 6.07 Å². The van der Waals surface area contributed by atoms with Crippen LogP contribution in [0.3, 0.4) is 0 Å². The summed E-state index contributed by atoms with van der Waals surface area (Å²) < 4.78 is 35.8. The van der Waals surface area contributed by atoms with Crippen LogP contribution < -0.4 is 16.7 Å². The maximum Gasteiger partial charge on any atom is 0.391 e. The molecule has 0 aliphatic heterocycles. The van der Waals surface area contributed by atoms with Crippen molar-refractivity contribution in [2.24, 2.45) is 16.9 Å². The fourth-order valence-corrected chi connectivity index (χ4v) is 2.78. The molecule has 1 aromatic rings. The number of hydrogen-bond donors (Lipinski definition) is 4. The van der Waals surface area contributed by atoms with Gasteiger partial charge in [0.25, 0.3) is 0 Å². The molecule has 0 unspecified atom stereocenters. The number of nitrogens with two attached hydrogens (primary N) is 1. The minimum atomic E-state index is -3.93. The highest BCUT2D eigenvalue weighted by Gasteiger charge is 2.39. The van der Waals surface area contributed by atoms with Gasteiger partial charge in [0.2, 0.25) is 0 Å². The first-order valence-corrected chi connectivity index (χ1v) is 9.32. The molecular formula is C19H31F3N4O2. The summed E-state index contributed by atoms with van der Waals surface area (Å²) in [4.78, 5) is 10.8. The lowest BCUT2D eigenvalue weighted by Gasteiger charge is -2.23. The molecule has 0 aromatic heterocycles. The van der Waals surface area contributed by atoms with Crippen molar-refractivity contribution in [3.63, 3.8) is 0 Å². The third-order valence-corrected chi connectivity index (χ3v) is 4.23. The van der Waals surface area contributed by atoms with Crippen molar-refractivity contribution in [1.29, 1.82) is 0 Å². The fourth-order valence-electron chi connectivity index (χ4n) is 2.78. The Hall–Kier alpha value is -2.29. The maximum atomic E-state index is 11.9. The van der Waals surface area contributed by atoms with Crippen molar-refractivity contribution in [1.82, 2.24) is 5.53 Å². The van der Waals surface area contributed by atoms with E-state index in [0.717, 1.165) is 24.9 Å². The van der Waals surface area contributed by atoms with E-state index in [2.05, 4.69) is 16.0 Å². The van der Waals surface area contributed by atoms with E-state index in [-0.39, 0.29) is 5.56 Å². The van der Waals surface area contributed by atoms with Crippen molar-refractivity contribution in [2.45, 2.75) is 59.1 Å². The summed E-state index contributed by atoms with van der Waals surface area (Å²) in [5, 5.41) is 15.7. The van der Waals surface area contributed by atoms with E-state index in [4.69, 9.17) is 10.9 Å². The number of benzene rings is 1. The van der Waals surface area contributed by atoms with Crippen LogP contribution in [0.25, 0.3) is 0 Å². The van der Waals surface area contributed by atoms with Crippen molar-refractivity contribution in [2.75, 3.05) is 12.4 Å². The number of rotatable bonds is 4. The van der Waals surface area contributed by atoms with Crippen LogP contribution in [0.5, 0.6) is 0 Å². The van der Waals surface area contributed by atoms with Crippen LogP contribution in [0, 0.1) is 5.92 Å². The van der Waals surface area contributed by atoms with Gasteiger partial charge in [0, 0.05) is 18.3 Å². The van der Waals surface area contributed by atoms with Crippen LogP contribution in [0.2, 0.25) is 0 Å². The van der Waals surface area contributed by atoms with Gasteiger partial charge in [0.15, 0.2) is 0 Å². The first-order chi connectivity index (χ1) is 13.2. The van der Waals surface area contributed by atoms with Gasteiger partial charge >= 0.3 is 12.1 Å². The van der Waals surface area contributed by atoms with Gasteiger partial charge in [0.1, 0.15) is 0 Å². The van der Waals surface area contributed by atoms with Gasteiger partial charge in [-0.25, -0.2) is 16.2 Å². The van der Waals surface area contributed by atoms with Gasteiger partial charge in [-0.3, -0.25) is 0 Å². The Labute approximate surface area is 164 Å². The first kappa shape index (κ1) is 25.7. The number of hydrogen-bond acceptors (Lipinski definition) is 5. The second kappa shape index (κ2) is 13.0. The van der Waals surface area contributed by atoms with Crippen LogP contribution in [-0.2, 0) is 0 Å². The first-order valence-electron chi connectivity index (χ1n) is 9.32. The highest BCUT2D eigenvalue weighted by molar-refractivity contribution is 6.05. The minimum absolute atomic E-state index is 0.209. The van der Waals surface area contributed by atoms with Gasteiger partial charge in [-0.05, 0) is 38.0 Å². The Balaban J connectivity index is 0.000000520. The molecule has 0 spiro atoms. The molecule has 0 heterocycles. The zero-order chi connectivity index (χ0) is 21.7. The van der Waals surface area contributed by atoms with Crippen molar-refractivity contribution < 1.29 is 23.1 Å². The summed E-state index contributed by atoms with van der Waals surface area (Å²) in [6.45, 7) is 5.74. The second-order valence-corrected chi connectivity index (χ2v) is 6.02. The standard InChI is InChI=1S/C10H14N4O2.C7H11F3.C2H6/c1-6(13-14-11)8-5-7(10(15)16)3-4-9(8)12-2;8-7(9,10)6-4-2-1-3-5-6;1-2/h3-5,12,14H,11H2,1-2H3,(H,15,16);6H,1-5H2;1-2H3/b13-6+;;. The molecule has 0 amide bonds. The zero-order valence-corrected chi connectivity index (χ0v) is 16.9. The van der Waals surface area contributed by atoms with E-state index in [0.29, 0.717) is 24.1 Å². The number of hydrazone groups is 1. The number of carboxylic acids is 1. The van der Waals surface area contributed by atoms with E-state index in [1.54, 1.807) is 26.1 Å². The normalized spacial score (nSPS) is 14.8. The highest BCUT2D eigenvalue weighted by atomic mass is 19.4. The molecule has 28 heavy (non-hydrogen) atoms. The largest absolute Gasteiger partial charge is 0.478 e. The number of nitrogens with one attached hydrogen (secondary N) is 2. The van der Waals surface area contributed by atoms with E-state index in [1.807, 2.05) is 13.8 Å². The average molecular weight is 404 g/mol. The molecule has 1 aromatic carbocycles. The number of aromatic carboxylic acids is 1. The fraction of sp³-hybridized carbons (Fsp3) is 0.579. The Bertz CT molecular complexity index is 628. The molecule has 0 atom stereocenters. The van der Waals surface area contributed by atoms with E-state index in [9.17, 15) is 18.0 Å². The molecule has 2 rings (SSSR count). The van der Waals surface area contributed by atoms with Gasteiger partial charge < -0.3 is 10.4 Å². The number of halogens is 3. The molecule has 0 bridgehead atoms. The number of anilines is 1. The molecule has 5 N–H and O–H groups in total. The number of carboxylic acid groups (broad SMARTS) is 1. The molecule has 6 nitrogen and oxygen atoms in total. The summed E-state index contributed by atoms with van der Waals surface area (Å²) >= 11 is 0. The SMILES string of the molecule is CC.CNc1ccc(C(=O)O)cc1/C(C)=N/NN.FC(F)(F)C1CCCCC1. The smallest absolute Gasteiger partial charge is 0.391 e. The van der Waals surface area contributed by atoms with Gasteiger partial charge in [-0.15, -0.1) is 0 Å².